The lowest BCUT2D eigenvalue weighted by Crippen LogP contribution is -2.36. The fourth-order valence-electron chi connectivity index (χ4n) is 2.83. The average Bonchev–Trinajstić information content (AvgIpc) is 2.93. The molecule has 3 heterocycles. The minimum atomic E-state index is 0.510. The number of aryl methyl sites for hydroxylation is 1. The molecule has 0 spiro atoms. The fraction of sp³-hybridized carbons (Fsp3) is 0.643. The summed E-state index contributed by atoms with van der Waals surface area (Å²) < 4.78 is 5.38. The standard InChI is InChI=1S/C14H21N3O/c1-11-9-14(17-5-7-18-8-6-17)16-10-12(11)13-3-2-4-15-13/h9-10,13,15H,2-8H2,1H3/t13-/m0/s1. The van der Waals surface area contributed by atoms with Crippen LogP contribution in [-0.4, -0.2) is 37.8 Å². The second kappa shape index (κ2) is 5.24. The van der Waals surface area contributed by atoms with E-state index in [1.165, 1.54) is 24.0 Å². The number of morpholine rings is 1. The van der Waals surface area contributed by atoms with E-state index in [4.69, 9.17) is 4.74 Å². The normalized spacial score (nSPS) is 24.5. The number of anilines is 1. The summed E-state index contributed by atoms with van der Waals surface area (Å²) >= 11 is 0. The van der Waals surface area contributed by atoms with Gasteiger partial charge >= 0.3 is 0 Å². The maximum Gasteiger partial charge on any atom is 0.128 e. The van der Waals surface area contributed by atoms with Gasteiger partial charge in [0.15, 0.2) is 0 Å². The van der Waals surface area contributed by atoms with Crippen LogP contribution in [0, 0.1) is 6.92 Å². The Morgan fingerprint density at radius 2 is 2.22 bits per heavy atom. The Hall–Kier alpha value is -1.13. The molecular weight excluding hydrogens is 226 g/mol. The summed E-state index contributed by atoms with van der Waals surface area (Å²) in [7, 11) is 0. The number of hydrogen-bond donors (Lipinski definition) is 1. The number of hydrogen-bond acceptors (Lipinski definition) is 4. The second-order valence-corrected chi connectivity index (χ2v) is 5.15. The van der Waals surface area contributed by atoms with Gasteiger partial charge in [0.25, 0.3) is 0 Å². The van der Waals surface area contributed by atoms with Crippen LogP contribution in [0.5, 0.6) is 0 Å². The lowest BCUT2D eigenvalue weighted by molar-refractivity contribution is 0.122. The Balaban J connectivity index is 1.79. The maximum atomic E-state index is 5.38. The number of nitrogens with one attached hydrogen (secondary N) is 1. The number of pyridine rings is 1. The summed E-state index contributed by atoms with van der Waals surface area (Å²) in [4.78, 5) is 6.95. The predicted octanol–water partition coefficient (Wildman–Crippen LogP) is 1.65. The van der Waals surface area contributed by atoms with Crippen molar-refractivity contribution in [1.29, 1.82) is 0 Å². The zero-order chi connectivity index (χ0) is 12.4. The van der Waals surface area contributed by atoms with E-state index >= 15 is 0 Å². The lowest BCUT2D eigenvalue weighted by Gasteiger charge is -2.28. The number of aromatic nitrogens is 1. The van der Waals surface area contributed by atoms with Gasteiger partial charge in [-0.05, 0) is 43.5 Å². The van der Waals surface area contributed by atoms with Crippen LogP contribution in [0.2, 0.25) is 0 Å². The van der Waals surface area contributed by atoms with E-state index in [0.29, 0.717) is 6.04 Å². The Bertz CT molecular complexity index is 410. The van der Waals surface area contributed by atoms with E-state index in [1.54, 1.807) is 0 Å². The quantitative estimate of drug-likeness (QED) is 0.862. The molecule has 2 aliphatic rings. The van der Waals surface area contributed by atoms with Gasteiger partial charge in [-0.15, -0.1) is 0 Å². The van der Waals surface area contributed by atoms with Gasteiger partial charge in [-0.3, -0.25) is 0 Å². The monoisotopic (exact) mass is 247 g/mol. The number of ether oxygens (including phenoxy) is 1. The summed E-state index contributed by atoms with van der Waals surface area (Å²) in [5, 5.41) is 3.54. The molecule has 3 rings (SSSR count). The van der Waals surface area contributed by atoms with E-state index in [9.17, 15) is 0 Å². The highest BCUT2D eigenvalue weighted by molar-refractivity contribution is 5.44. The molecule has 2 saturated heterocycles. The SMILES string of the molecule is Cc1cc(N2CCOCC2)ncc1[C@@H]1CCCN1. The van der Waals surface area contributed by atoms with Crippen molar-refractivity contribution in [3.63, 3.8) is 0 Å². The van der Waals surface area contributed by atoms with Gasteiger partial charge in [0.1, 0.15) is 5.82 Å². The molecule has 4 heteroatoms. The Kier molecular flexibility index (Phi) is 3.48. The van der Waals surface area contributed by atoms with Gasteiger partial charge < -0.3 is 15.0 Å². The third-order valence-corrected chi connectivity index (χ3v) is 3.91. The maximum absolute atomic E-state index is 5.38. The zero-order valence-electron chi connectivity index (χ0n) is 11.0. The van der Waals surface area contributed by atoms with Crippen LogP contribution in [0.3, 0.4) is 0 Å². The minimum Gasteiger partial charge on any atom is -0.378 e. The second-order valence-electron chi connectivity index (χ2n) is 5.15. The molecule has 0 amide bonds. The number of nitrogens with zero attached hydrogens (tertiary/aromatic N) is 2. The highest BCUT2D eigenvalue weighted by Crippen LogP contribution is 2.27. The van der Waals surface area contributed by atoms with Gasteiger partial charge in [0.2, 0.25) is 0 Å². The molecule has 2 aliphatic heterocycles. The van der Waals surface area contributed by atoms with Crippen LogP contribution in [-0.2, 0) is 4.74 Å². The van der Waals surface area contributed by atoms with E-state index in [0.717, 1.165) is 38.7 Å². The Morgan fingerprint density at radius 1 is 1.39 bits per heavy atom. The average molecular weight is 247 g/mol. The van der Waals surface area contributed by atoms with Gasteiger partial charge in [-0.1, -0.05) is 0 Å². The first-order valence-electron chi connectivity index (χ1n) is 6.87. The third kappa shape index (κ3) is 2.35. The summed E-state index contributed by atoms with van der Waals surface area (Å²) in [6, 6.07) is 2.73. The molecule has 0 radical (unpaired) electrons. The van der Waals surface area contributed by atoms with Gasteiger partial charge in [0, 0.05) is 25.3 Å². The molecule has 1 aromatic heterocycles. The predicted molar refractivity (Wildman–Crippen MR) is 72.0 cm³/mol. The van der Waals surface area contributed by atoms with Crippen molar-refractivity contribution >= 4 is 5.82 Å². The van der Waals surface area contributed by atoms with Crippen LogP contribution in [0.25, 0.3) is 0 Å². The Morgan fingerprint density at radius 3 is 2.89 bits per heavy atom. The van der Waals surface area contributed by atoms with Gasteiger partial charge in [0.05, 0.1) is 13.2 Å². The summed E-state index contributed by atoms with van der Waals surface area (Å²) in [5.41, 5.74) is 2.72. The highest BCUT2D eigenvalue weighted by atomic mass is 16.5. The molecule has 1 N–H and O–H groups in total. The van der Waals surface area contributed by atoms with Crippen LogP contribution in [0.4, 0.5) is 5.82 Å². The van der Waals surface area contributed by atoms with Crippen LogP contribution in [0.1, 0.15) is 30.0 Å². The van der Waals surface area contributed by atoms with E-state index in [2.05, 4.69) is 34.4 Å². The molecule has 4 nitrogen and oxygen atoms in total. The molecular formula is C14H21N3O. The van der Waals surface area contributed by atoms with Crippen LogP contribution < -0.4 is 10.2 Å². The first-order valence-corrected chi connectivity index (χ1v) is 6.87. The van der Waals surface area contributed by atoms with Crippen molar-refractivity contribution in [2.24, 2.45) is 0 Å². The van der Waals surface area contributed by atoms with E-state index in [1.807, 2.05) is 0 Å². The van der Waals surface area contributed by atoms with Crippen LogP contribution in [0.15, 0.2) is 12.3 Å². The largest absolute Gasteiger partial charge is 0.378 e. The molecule has 0 aliphatic carbocycles. The van der Waals surface area contributed by atoms with Gasteiger partial charge in [-0.25, -0.2) is 4.98 Å². The molecule has 0 unspecified atom stereocenters. The molecule has 0 bridgehead atoms. The van der Waals surface area contributed by atoms with Gasteiger partial charge in [-0.2, -0.15) is 0 Å². The summed E-state index contributed by atoms with van der Waals surface area (Å²) in [6.45, 7) is 6.86. The summed E-state index contributed by atoms with van der Waals surface area (Å²) in [6.07, 6.45) is 4.57. The molecule has 1 aromatic rings. The lowest BCUT2D eigenvalue weighted by atomic mass is 10.0. The smallest absolute Gasteiger partial charge is 0.128 e. The first kappa shape index (κ1) is 11.9. The molecule has 1 atom stereocenters. The zero-order valence-corrected chi connectivity index (χ0v) is 11.0. The van der Waals surface area contributed by atoms with Crippen molar-refractivity contribution in [3.8, 4) is 0 Å². The molecule has 18 heavy (non-hydrogen) atoms. The first-order chi connectivity index (χ1) is 8.84. The topological polar surface area (TPSA) is 37.4 Å². The molecule has 0 aromatic carbocycles. The van der Waals surface area contributed by atoms with Crippen molar-refractivity contribution in [3.05, 3.63) is 23.4 Å². The third-order valence-electron chi connectivity index (χ3n) is 3.91. The number of rotatable bonds is 2. The van der Waals surface area contributed by atoms with Crippen LogP contribution >= 0.6 is 0 Å². The van der Waals surface area contributed by atoms with E-state index in [-0.39, 0.29) is 0 Å². The van der Waals surface area contributed by atoms with Crippen molar-refractivity contribution in [2.45, 2.75) is 25.8 Å². The summed E-state index contributed by atoms with van der Waals surface area (Å²) in [5.74, 6) is 1.09. The molecule has 2 fully saturated rings. The highest BCUT2D eigenvalue weighted by Gasteiger charge is 2.20. The Labute approximate surface area is 108 Å². The van der Waals surface area contributed by atoms with Crippen molar-refractivity contribution in [2.75, 3.05) is 37.7 Å². The fourth-order valence-corrected chi connectivity index (χ4v) is 2.83. The molecule has 98 valence electrons. The van der Waals surface area contributed by atoms with E-state index < -0.39 is 0 Å². The van der Waals surface area contributed by atoms with Crippen molar-refractivity contribution < 1.29 is 4.74 Å². The minimum absolute atomic E-state index is 0.510. The van der Waals surface area contributed by atoms with Crippen molar-refractivity contribution in [1.82, 2.24) is 10.3 Å². The molecule has 0 saturated carbocycles.